The maximum absolute atomic E-state index is 12.7. The van der Waals surface area contributed by atoms with Crippen LogP contribution < -0.4 is 15.4 Å². The van der Waals surface area contributed by atoms with Crippen LogP contribution in [0.5, 0.6) is 0 Å². The number of urea groups is 1. The lowest BCUT2D eigenvalue weighted by molar-refractivity contribution is -0.137. The highest BCUT2D eigenvalue weighted by atomic mass is 32.2. The number of para-hydroxylation sites is 1. The zero-order chi connectivity index (χ0) is 20.2. The second kappa shape index (κ2) is 7.87. The number of sulfonamides is 1. The molecule has 0 aliphatic rings. The number of benzene rings is 2. The van der Waals surface area contributed by atoms with Crippen LogP contribution in [-0.2, 0) is 16.2 Å². The smallest absolute Gasteiger partial charge is 0.331 e. The highest BCUT2D eigenvalue weighted by Crippen LogP contribution is 2.30. The second-order valence-electron chi connectivity index (χ2n) is 5.86. The molecule has 0 aliphatic heterocycles. The van der Waals surface area contributed by atoms with Gasteiger partial charge in [-0.25, -0.2) is 13.2 Å². The van der Waals surface area contributed by atoms with E-state index in [1.165, 1.54) is 12.1 Å². The quantitative estimate of drug-likeness (QED) is 0.709. The Morgan fingerprint density at radius 1 is 1.07 bits per heavy atom. The third kappa shape index (κ3) is 6.17. The molecule has 2 amide bonds. The molecule has 0 spiro atoms. The summed E-state index contributed by atoms with van der Waals surface area (Å²) in [5.41, 5.74) is -0.0953. The number of anilines is 2. The summed E-state index contributed by atoms with van der Waals surface area (Å²) in [6, 6.07) is 9.38. The lowest BCUT2D eigenvalue weighted by Gasteiger charge is -2.19. The number of hydrogen-bond acceptors (Lipinski definition) is 3. The minimum absolute atomic E-state index is 0.0166. The summed E-state index contributed by atoms with van der Waals surface area (Å²) in [5.74, 6) is 0. The van der Waals surface area contributed by atoms with Crippen molar-refractivity contribution in [3.05, 3.63) is 59.7 Å². The minimum Gasteiger partial charge on any atom is -0.331 e. The average Bonchev–Trinajstić information content (AvgIpc) is 2.53. The minimum atomic E-state index is -4.52. The molecule has 2 aromatic rings. The van der Waals surface area contributed by atoms with E-state index in [0.29, 0.717) is 11.3 Å². The van der Waals surface area contributed by atoms with Crippen LogP contribution in [0, 0.1) is 0 Å². The average molecular weight is 401 g/mol. The number of amides is 2. The Kier molecular flexibility index (Phi) is 5.99. The number of rotatable bonds is 5. The molecule has 6 nitrogen and oxygen atoms in total. The molecule has 1 atom stereocenters. The Labute approximate surface area is 154 Å². The maximum atomic E-state index is 12.7. The molecule has 0 heterocycles. The third-order valence-electron chi connectivity index (χ3n) is 3.52. The summed E-state index contributed by atoms with van der Waals surface area (Å²) in [5, 5.41) is 4.90. The molecule has 0 saturated heterocycles. The summed E-state index contributed by atoms with van der Waals surface area (Å²) < 4.78 is 63.4. The van der Waals surface area contributed by atoms with E-state index in [1.807, 2.05) is 0 Å². The van der Waals surface area contributed by atoms with Gasteiger partial charge in [-0.3, -0.25) is 4.72 Å². The van der Waals surface area contributed by atoms with Crippen LogP contribution >= 0.6 is 0 Å². The van der Waals surface area contributed by atoms with Crippen LogP contribution in [0.4, 0.5) is 29.3 Å². The van der Waals surface area contributed by atoms with E-state index in [1.54, 1.807) is 31.2 Å². The van der Waals surface area contributed by atoms with Crippen molar-refractivity contribution < 1.29 is 26.4 Å². The highest BCUT2D eigenvalue weighted by molar-refractivity contribution is 7.92. The van der Waals surface area contributed by atoms with Crippen molar-refractivity contribution in [2.24, 2.45) is 0 Å². The van der Waals surface area contributed by atoms with E-state index in [9.17, 15) is 26.4 Å². The van der Waals surface area contributed by atoms with Gasteiger partial charge in [-0.05, 0) is 36.8 Å². The molecule has 0 saturated carbocycles. The Hall–Kier alpha value is -2.75. The molecule has 27 heavy (non-hydrogen) atoms. The normalized spacial score (nSPS) is 12.9. The van der Waals surface area contributed by atoms with Crippen LogP contribution in [0.2, 0.25) is 0 Å². The van der Waals surface area contributed by atoms with Crippen molar-refractivity contribution in [1.29, 1.82) is 0 Å². The predicted octanol–water partition coefficient (Wildman–Crippen LogP) is 3.96. The van der Waals surface area contributed by atoms with E-state index in [4.69, 9.17) is 0 Å². The molecule has 0 aliphatic carbocycles. The van der Waals surface area contributed by atoms with Gasteiger partial charge in [0.1, 0.15) is 0 Å². The van der Waals surface area contributed by atoms with Gasteiger partial charge in [0.15, 0.2) is 0 Å². The third-order valence-corrected chi connectivity index (χ3v) is 4.11. The van der Waals surface area contributed by atoms with Gasteiger partial charge in [0.25, 0.3) is 0 Å². The fourth-order valence-corrected chi connectivity index (χ4v) is 2.97. The molecular weight excluding hydrogens is 383 g/mol. The fraction of sp³-hybridized carbons (Fsp3) is 0.235. The molecule has 0 bridgehead atoms. The first-order valence-electron chi connectivity index (χ1n) is 7.77. The molecule has 146 valence electrons. The van der Waals surface area contributed by atoms with Gasteiger partial charge in [-0.2, -0.15) is 13.2 Å². The van der Waals surface area contributed by atoms with E-state index >= 15 is 0 Å². The van der Waals surface area contributed by atoms with E-state index in [2.05, 4.69) is 15.4 Å². The van der Waals surface area contributed by atoms with Crippen LogP contribution in [0.1, 0.15) is 24.1 Å². The first-order chi connectivity index (χ1) is 12.5. The van der Waals surface area contributed by atoms with E-state index in [0.717, 1.165) is 18.4 Å². The summed E-state index contributed by atoms with van der Waals surface area (Å²) in [6.07, 6.45) is -3.51. The molecule has 10 heteroatoms. The van der Waals surface area contributed by atoms with Crippen molar-refractivity contribution in [3.63, 3.8) is 0 Å². The summed E-state index contributed by atoms with van der Waals surface area (Å²) in [4.78, 5) is 12.1. The first kappa shape index (κ1) is 20.6. The Morgan fingerprint density at radius 2 is 1.74 bits per heavy atom. The fourth-order valence-electron chi connectivity index (χ4n) is 2.38. The Bertz CT molecular complexity index is 930. The van der Waals surface area contributed by atoms with Crippen molar-refractivity contribution in [1.82, 2.24) is 5.32 Å². The summed E-state index contributed by atoms with van der Waals surface area (Å²) >= 11 is 0. The van der Waals surface area contributed by atoms with Gasteiger partial charge < -0.3 is 10.6 Å². The number of carbonyl (C=O) groups excluding carboxylic acids is 1. The van der Waals surface area contributed by atoms with E-state index in [-0.39, 0.29) is 5.69 Å². The van der Waals surface area contributed by atoms with Crippen LogP contribution in [-0.4, -0.2) is 20.7 Å². The van der Waals surface area contributed by atoms with Gasteiger partial charge in [-0.15, -0.1) is 0 Å². The van der Waals surface area contributed by atoms with Gasteiger partial charge >= 0.3 is 12.2 Å². The van der Waals surface area contributed by atoms with Gasteiger partial charge in [0.2, 0.25) is 10.0 Å². The van der Waals surface area contributed by atoms with Crippen LogP contribution in [0.3, 0.4) is 0 Å². The topological polar surface area (TPSA) is 87.3 Å². The maximum Gasteiger partial charge on any atom is 0.416 e. The van der Waals surface area contributed by atoms with Crippen molar-refractivity contribution in [3.8, 4) is 0 Å². The summed E-state index contributed by atoms with van der Waals surface area (Å²) in [7, 11) is -3.51. The number of carbonyl (C=O) groups is 1. The Balaban J connectivity index is 2.11. The molecule has 0 aromatic heterocycles. The lowest BCUT2D eigenvalue weighted by atomic mass is 10.1. The van der Waals surface area contributed by atoms with Gasteiger partial charge in [-0.1, -0.05) is 24.3 Å². The van der Waals surface area contributed by atoms with Gasteiger partial charge in [0.05, 0.1) is 23.5 Å². The molecular formula is C17H18F3N3O3S. The number of nitrogens with one attached hydrogen (secondary N) is 3. The monoisotopic (exact) mass is 401 g/mol. The highest BCUT2D eigenvalue weighted by Gasteiger charge is 2.30. The molecule has 2 aromatic carbocycles. The first-order valence-corrected chi connectivity index (χ1v) is 9.66. The number of hydrogen-bond donors (Lipinski definition) is 3. The molecule has 0 radical (unpaired) electrons. The lowest BCUT2D eigenvalue weighted by Crippen LogP contribution is -2.31. The van der Waals surface area contributed by atoms with E-state index < -0.39 is 33.8 Å². The predicted molar refractivity (Wildman–Crippen MR) is 96.9 cm³/mol. The van der Waals surface area contributed by atoms with Crippen LogP contribution in [0.25, 0.3) is 0 Å². The van der Waals surface area contributed by atoms with Crippen molar-refractivity contribution in [2.75, 3.05) is 16.3 Å². The zero-order valence-corrected chi connectivity index (χ0v) is 15.3. The Morgan fingerprint density at radius 3 is 2.37 bits per heavy atom. The standard InChI is InChI=1S/C17H18F3N3O3S/c1-11(14-8-3-4-9-15(14)23-27(2,25)26)21-16(24)22-13-7-5-6-12(10-13)17(18,19)20/h3-11,23H,1-2H3,(H2,21,22,24)/t11-/m1/s1. The summed E-state index contributed by atoms with van der Waals surface area (Å²) in [6.45, 7) is 1.62. The SMILES string of the molecule is C[C@@H](NC(=O)Nc1cccc(C(F)(F)F)c1)c1ccccc1NS(C)(=O)=O. The number of alkyl halides is 3. The zero-order valence-electron chi connectivity index (χ0n) is 14.5. The van der Waals surface area contributed by atoms with Crippen molar-refractivity contribution >= 4 is 27.4 Å². The molecule has 0 unspecified atom stereocenters. The molecule has 2 rings (SSSR count). The van der Waals surface area contributed by atoms with Crippen molar-refractivity contribution in [2.45, 2.75) is 19.1 Å². The molecule has 3 N–H and O–H groups in total. The largest absolute Gasteiger partial charge is 0.416 e. The van der Waals surface area contributed by atoms with Gasteiger partial charge in [0, 0.05) is 5.69 Å². The number of halogens is 3. The molecule has 0 fully saturated rings. The van der Waals surface area contributed by atoms with Crippen LogP contribution in [0.15, 0.2) is 48.5 Å². The second-order valence-corrected chi connectivity index (χ2v) is 7.61.